The van der Waals surface area contributed by atoms with Gasteiger partial charge in [0.2, 0.25) is 10.8 Å². The Balaban J connectivity index is 1.76. The van der Waals surface area contributed by atoms with Crippen molar-refractivity contribution < 1.29 is 26.7 Å². The second-order valence-corrected chi connectivity index (χ2v) is 12.7. The Morgan fingerprint density at radius 1 is 1.28 bits per heavy atom. The minimum atomic E-state index is -4.82. The van der Waals surface area contributed by atoms with E-state index < -0.39 is 55.1 Å². The predicted octanol–water partition coefficient (Wildman–Crippen LogP) is 4.12. The largest absolute Gasteiger partial charge is 0.421 e. The summed E-state index contributed by atoms with van der Waals surface area (Å²) in [6.45, 7) is 7.37. The molecule has 4 rings (SSSR count). The van der Waals surface area contributed by atoms with Crippen molar-refractivity contribution in [1.29, 1.82) is 5.26 Å². The molecule has 2 heterocycles. The van der Waals surface area contributed by atoms with Crippen molar-refractivity contribution in [3.63, 3.8) is 0 Å². The lowest BCUT2D eigenvalue weighted by Gasteiger charge is -2.30. The van der Waals surface area contributed by atoms with Gasteiger partial charge in [-0.15, -0.1) is 0 Å². The van der Waals surface area contributed by atoms with Gasteiger partial charge < -0.3 is 10.2 Å². The first-order valence-electron chi connectivity index (χ1n) is 11.6. The molecule has 36 heavy (non-hydrogen) atoms. The normalized spacial score (nSPS) is 23.1. The van der Waals surface area contributed by atoms with Gasteiger partial charge in [0.15, 0.2) is 5.25 Å². The van der Waals surface area contributed by atoms with Gasteiger partial charge in [-0.05, 0) is 52.7 Å². The van der Waals surface area contributed by atoms with Crippen LogP contribution in [-0.4, -0.2) is 43.6 Å². The standard InChI is InChI=1S/C24H28F3N5O3S/c1-15-11-20(32(30-15)22(2,3)4)31-13-16(12-18(31)21(33)29-23(14-28)9-10-23)36(34,35)19-8-6-5-7-17(19)24(25,26)27/h5-8,11,16,18H,9-10,12-13H2,1-4H3,(H-,29,33,34,35)/p+1/t16?,18-/m0/s1. The second-order valence-electron chi connectivity index (χ2n) is 10.5. The Labute approximate surface area is 208 Å². The monoisotopic (exact) mass is 524 g/mol. The van der Waals surface area contributed by atoms with Crippen LogP contribution in [0.15, 0.2) is 35.2 Å². The van der Waals surface area contributed by atoms with Gasteiger partial charge >= 0.3 is 6.18 Å². The molecular formula is C24H29F3N5O3S+. The Morgan fingerprint density at radius 3 is 2.47 bits per heavy atom. The first-order valence-corrected chi connectivity index (χ1v) is 13.2. The van der Waals surface area contributed by atoms with E-state index in [1.54, 1.807) is 22.6 Å². The number of rotatable bonds is 5. The number of amides is 1. The van der Waals surface area contributed by atoms with Crippen LogP contribution in [-0.2, 0) is 30.9 Å². The lowest BCUT2D eigenvalue weighted by Crippen LogP contribution is -2.48. The lowest BCUT2D eigenvalue weighted by molar-refractivity contribution is -0.140. The molecule has 12 heteroatoms. The smallest absolute Gasteiger partial charge is 0.339 e. The Bertz CT molecular complexity index is 1270. The molecule has 1 aromatic heterocycles. The van der Waals surface area contributed by atoms with Crippen LogP contribution in [0.5, 0.6) is 0 Å². The molecule has 1 saturated heterocycles. The molecule has 3 atom stereocenters. The van der Waals surface area contributed by atoms with Crippen LogP contribution in [0.2, 0.25) is 0 Å². The summed E-state index contributed by atoms with van der Waals surface area (Å²) in [7, 11) is -4.22. The zero-order valence-electron chi connectivity index (χ0n) is 20.5. The van der Waals surface area contributed by atoms with Crippen LogP contribution in [0.4, 0.5) is 19.0 Å². The zero-order chi connectivity index (χ0) is 26.7. The summed E-state index contributed by atoms with van der Waals surface area (Å²) in [5, 5.41) is 15.5. The van der Waals surface area contributed by atoms with E-state index in [9.17, 15) is 32.0 Å². The topological polar surface area (TPSA) is 111 Å². The molecule has 8 nitrogen and oxygen atoms in total. The number of hydrogen-bond donors (Lipinski definition) is 2. The van der Waals surface area contributed by atoms with Crippen molar-refractivity contribution in [2.24, 2.45) is 0 Å². The first-order chi connectivity index (χ1) is 16.6. The highest BCUT2D eigenvalue weighted by atomic mass is 32.3. The highest BCUT2D eigenvalue weighted by Gasteiger charge is 2.55. The number of anilines is 1. The van der Waals surface area contributed by atoms with Crippen molar-refractivity contribution in [2.75, 3.05) is 11.4 Å². The lowest BCUT2D eigenvalue weighted by atomic mass is 10.1. The number of nitrogens with one attached hydrogen (secondary N) is 1. The molecule has 2 unspecified atom stereocenters. The van der Waals surface area contributed by atoms with Gasteiger partial charge in [-0.1, -0.05) is 16.3 Å². The van der Waals surface area contributed by atoms with Crippen molar-refractivity contribution in [3.8, 4) is 6.07 Å². The Kier molecular flexibility index (Phi) is 6.24. The summed E-state index contributed by atoms with van der Waals surface area (Å²) in [4.78, 5) is 14.3. The van der Waals surface area contributed by atoms with Crippen molar-refractivity contribution in [2.45, 2.75) is 80.4 Å². The van der Waals surface area contributed by atoms with E-state index in [1.165, 1.54) is 12.1 Å². The van der Waals surface area contributed by atoms with Gasteiger partial charge in [0.1, 0.15) is 23.0 Å². The predicted molar refractivity (Wildman–Crippen MR) is 128 cm³/mol. The Morgan fingerprint density at radius 2 is 1.92 bits per heavy atom. The maximum Gasteiger partial charge on any atom is 0.421 e. The summed E-state index contributed by atoms with van der Waals surface area (Å²) >= 11 is 0. The Hall–Kier alpha value is -2.91. The molecule has 1 saturated carbocycles. The molecule has 0 radical (unpaired) electrons. The third-order valence-electron chi connectivity index (χ3n) is 6.59. The minimum Gasteiger partial charge on any atom is -0.339 e. The van der Waals surface area contributed by atoms with E-state index in [4.69, 9.17) is 0 Å². The van der Waals surface area contributed by atoms with Crippen LogP contribution in [0.3, 0.4) is 0 Å². The molecule has 1 amide bonds. The van der Waals surface area contributed by atoms with Gasteiger partial charge in [-0.2, -0.15) is 28.1 Å². The molecule has 2 aromatic rings. The van der Waals surface area contributed by atoms with Crippen molar-refractivity contribution >= 4 is 21.9 Å². The number of aromatic nitrogens is 2. The summed E-state index contributed by atoms with van der Waals surface area (Å²) in [5.41, 5.74) is -1.99. The third-order valence-corrected chi connectivity index (χ3v) is 8.82. The molecule has 1 aromatic carbocycles. The van der Waals surface area contributed by atoms with Crippen LogP contribution >= 0.6 is 0 Å². The van der Waals surface area contributed by atoms with E-state index in [2.05, 4.69) is 16.5 Å². The molecule has 2 aliphatic rings. The van der Waals surface area contributed by atoms with Gasteiger partial charge in [0.05, 0.1) is 23.8 Å². The fourth-order valence-corrected chi connectivity index (χ4v) is 6.50. The van der Waals surface area contributed by atoms with Crippen LogP contribution < -0.4 is 10.2 Å². The summed E-state index contributed by atoms with van der Waals surface area (Å²) < 4.78 is 67.5. The number of nitriles is 1. The summed E-state index contributed by atoms with van der Waals surface area (Å²) in [6, 6.07) is 7.12. The number of carbonyl (C=O) groups excluding carboxylic acids is 1. The molecule has 2 N–H and O–H groups in total. The summed E-state index contributed by atoms with van der Waals surface area (Å²) in [6.07, 6.45) is -3.98. The molecule has 0 spiro atoms. The maximum atomic E-state index is 13.7. The van der Waals surface area contributed by atoms with Crippen LogP contribution in [0.1, 0.15) is 51.3 Å². The number of halogens is 3. The zero-order valence-corrected chi connectivity index (χ0v) is 21.3. The van der Waals surface area contributed by atoms with Gasteiger partial charge in [-0.25, -0.2) is 4.68 Å². The molecular weight excluding hydrogens is 495 g/mol. The second kappa shape index (κ2) is 8.59. The number of aryl methyl sites for hydroxylation is 1. The number of carbonyl (C=O) groups is 1. The highest BCUT2D eigenvalue weighted by Crippen LogP contribution is 2.42. The van der Waals surface area contributed by atoms with E-state index in [-0.39, 0.29) is 13.0 Å². The van der Waals surface area contributed by atoms with Crippen LogP contribution in [0, 0.1) is 18.3 Å². The van der Waals surface area contributed by atoms with Crippen molar-refractivity contribution in [3.05, 3.63) is 41.6 Å². The summed E-state index contributed by atoms with van der Waals surface area (Å²) in [5.74, 6) is 0.0129. The quantitative estimate of drug-likeness (QED) is 0.570. The average molecular weight is 525 g/mol. The molecule has 2 fully saturated rings. The highest BCUT2D eigenvalue weighted by molar-refractivity contribution is 7.98. The molecule has 1 aliphatic carbocycles. The molecule has 194 valence electrons. The van der Waals surface area contributed by atoms with E-state index in [1.807, 2.05) is 20.8 Å². The number of benzene rings is 1. The number of nitrogens with zero attached hydrogens (tertiary/aromatic N) is 4. The molecule has 1 aliphatic heterocycles. The van der Waals surface area contributed by atoms with Crippen LogP contribution in [0.25, 0.3) is 0 Å². The number of hydrogen-bond acceptors (Lipinski definition) is 5. The van der Waals surface area contributed by atoms with E-state index in [0.717, 1.165) is 12.1 Å². The minimum absolute atomic E-state index is 0.139. The number of alkyl halides is 3. The first kappa shape index (κ1) is 26.2. The van der Waals surface area contributed by atoms with E-state index >= 15 is 0 Å². The van der Waals surface area contributed by atoms with Crippen molar-refractivity contribution in [1.82, 2.24) is 15.1 Å². The SMILES string of the molecule is Cc1cc(N2CC([S+](=O)(O)c3ccccc3C(F)(F)F)C[C@H]2C(=O)NC2(C#N)CC2)n(C(C)(C)C)n1. The van der Waals surface area contributed by atoms with E-state index in [0.29, 0.717) is 24.4 Å². The third kappa shape index (κ3) is 4.74. The van der Waals surface area contributed by atoms with Gasteiger partial charge in [0.25, 0.3) is 10.2 Å². The van der Waals surface area contributed by atoms with Gasteiger partial charge in [-0.3, -0.25) is 4.79 Å². The average Bonchev–Trinajstić information content (AvgIpc) is 3.21. The maximum absolute atomic E-state index is 13.7. The fraction of sp³-hybridized carbons (Fsp3) is 0.542. The fourth-order valence-electron chi connectivity index (χ4n) is 4.56. The van der Waals surface area contributed by atoms with Gasteiger partial charge in [0, 0.05) is 12.5 Å². The molecule has 0 bridgehead atoms.